The maximum absolute atomic E-state index is 13.2. The summed E-state index contributed by atoms with van der Waals surface area (Å²) in [5.41, 5.74) is 3.11. The number of aromatic amines is 1. The molecule has 0 saturated heterocycles. The molecule has 0 aliphatic heterocycles. The quantitative estimate of drug-likeness (QED) is 0.485. The number of nitrogens with zero attached hydrogens (tertiary/aromatic N) is 3. The van der Waals surface area contributed by atoms with E-state index in [0.29, 0.717) is 11.3 Å². The van der Waals surface area contributed by atoms with Crippen LogP contribution < -0.4 is 5.32 Å². The zero-order chi connectivity index (χ0) is 19.6. The Bertz CT molecular complexity index is 1130. The molecule has 4 aliphatic rings. The lowest BCUT2D eigenvalue weighted by molar-refractivity contribution is -0.126. The monoisotopic (exact) mass is 405 g/mol. The van der Waals surface area contributed by atoms with Crippen molar-refractivity contribution in [3.8, 4) is 0 Å². The van der Waals surface area contributed by atoms with E-state index in [1.165, 1.54) is 12.8 Å². The zero-order valence-corrected chi connectivity index (χ0v) is 17.1. The Morgan fingerprint density at radius 3 is 3.00 bits per heavy atom. The van der Waals surface area contributed by atoms with Crippen LogP contribution in [0.2, 0.25) is 0 Å². The molecular weight excluding hydrogens is 382 g/mol. The van der Waals surface area contributed by atoms with E-state index in [1.807, 2.05) is 12.1 Å². The summed E-state index contributed by atoms with van der Waals surface area (Å²) in [4.78, 5) is 21.8. The number of anilines is 1. The van der Waals surface area contributed by atoms with Gasteiger partial charge in [0.15, 0.2) is 5.65 Å². The van der Waals surface area contributed by atoms with Crippen molar-refractivity contribution in [1.82, 2.24) is 20.2 Å². The fourth-order valence-electron chi connectivity index (χ4n) is 6.31. The number of hydrogen-bond acceptors (Lipinski definition) is 5. The normalized spacial score (nSPS) is 31.8. The predicted octanol–water partition coefficient (Wildman–Crippen LogP) is 4.41. The van der Waals surface area contributed by atoms with Crippen LogP contribution in [-0.4, -0.2) is 26.1 Å². The molecular formula is C22H23N5OS. The molecule has 4 atom stereocenters. The van der Waals surface area contributed by atoms with Gasteiger partial charge in [-0.25, -0.2) is 9.97 Å². The molecule has 4 aliphatic carbocycles. The van der Waals surface area contributed by atoms with Crippen LogP contribution in [0.3, 0.4) is 0 Å². The maximum atomic E-state index is 13.2. The van der Waals surface area contributed by atoms with Gasteiger partial charge in [-0.3, -0.25) is 9.89 Å². The minimum atomic E-state index is -0.113. The average Bonchev–Trinajstić information content (AvgIpc) is 3.47. The number of H-pyrrole nitrogens is 1. The van der Waals surface area contributed by atoms with Gasteiger partial charge < -0.3 is 5.32 Å². The van der Waals surface area contributed by atoms with Crippen molar-refractivity contribution in [2.45, 2.75) is 43.4 Å². The Morgan fingerprint density at radius 2 is 2.24 bits per heavy atom. The molecule has 6 nitrogen and oxygen atoms in total. The van der Waals surface area contributed by atoms with Crippen molar-refractivity contribution < 1.29 is 4.79 Å². The van der Waals surface area contributed by atoms with Crippen LogP contribution in [0.1, 0.15) is 38.2 Å². The molecule has 4 saturated carbocycles. The highest BCUT2D eigenvalue weighted by Gasteiger charge is 2.71. The standard InChI is InChI=1S/C22H23N5OS/c1-21-7-15-6-14(21)8-22(15,11-21)20(28)26-16-4-2-3-13(5-16)10-29-19-17-9-25-27-18(17)23-12-24-19/h2-5,9,12,14-15H,6-8,10-11H2,1H3,(H,26,28)(H,23,24,25,27)/t14-,15-,21?,22-/m1/s1. The third-order valence-electron chi connectivity index (χ3n) is 7.60. The number of aromatic nitrogens is 4. The van der Waals surface area contributed by atoms with Gasteiger partial charge in [-0.2, -0.15) is 5.10 Å². The summed E-state index contributed by atoms with van der Waals surface area (Å²) in [5.74, 6) is 2.36. The highest BCUT2D eigenvalue weighted by Crippen LogP contribution is 2.75. The Balaban J connectivity index is 1.17. The SMILES string of the molecule is CC12C[C@H]3C[C@@H]1C[C@@]3(C(=O)Nc1cccc(CSc3ncnc4[nH]ncc34)c1)C2. The summed E-state index contributed by atoms with van der Waals surface area (Å²) in [5, 5.41) is 12.0. The molecule has 29 heavy (non-hydrogen) atoms. The third kappa shape index (κ3) is 2.56. The second kappa shape index (κ2) is 6.05. The molecule has 7 heteroatoms. The predicted molar refractivity (Wildman–Crippen MR) is 112 cm³/mol. The van der Waals surface area contributed by atoms with Crippen LogP contribution in [0.4, 0.5) is 5.69 Å². The lowest BCUT2D eigenvalue weighted by Crippen LogP contribution is -2.35. The van der Waals surface area contributed by atoms with Gasteiger partial charge in [-0.05, 0) is 60.6 Å². The molecule has 1 unspecified atom stereocenters. The van der Waals surface area contributed by atoms with Gasteiger partial charge in [0.25, 0.3) is 0 Å². The summed E-state index contributed by atoms with van der Waals surface area (Å²) in [7, 11) is 0. The number of hydrogen-bond donors (Lipinski definition) is 2. The first-order chi connectivity index (χ1) is 14.1. The van der Waals surface area contributed by atoms with Crippen LogP contribution in [0.15, 0.2) is 41.8 Å². The molecule has 1 aromatic carbocycles. The van der Waals surface area contributed by atoms with E-state index >= 15 is 0 Å². The molecule has 2 heterocycles. The van der Waals surface area contributed by atoms with E-state index in [1.54, 1.807) is 24.3 Å². The number of carbonyl (C=O) groups excluding carboxylic acids is 1. The van der Waals surface area contributed by atoms with Gasteiger partial charge in [0.2, 0.25) is 5.91 Å². The molecule has 4 fully saturated rings. The van der Waals surface area contributed by atoms with E-state index < -0.39 is 0 Å². The Labute approximate surface area is 173 Å². The second-order valence-electron chi connectivity index (χ2n) is 9.28. The molecule has 4 bridgehead atoms. The van der Waals surface area contributed by atoms with E-state index in [0.717, 1.165) is 51.8 Å². The fraction of sp³-hybridized carbons (Fsp3) is 0.455. The van der Waals surface area contributed by atoms with Crippen LogP contribution in [0.5, 0.6) is 0 Å². The minimum Gasteiger partial charge on any atom is -0.326 e. The smallest absolute Gasteiger partial charge is 0.230 e. The number of fused-ring (bicyclic) bond motifs is 1. The van der Waals surface area contributed by atoms with Crippen LogP contribution in [-0.2, 0) is 10.5 Å². The molecule has 1 amide bonds. The maximum Gasteiger partial charge on any atom is 0.230 e. The van der Waals surface area contributed by atoms with Crippen molar-refractivity contribution in [3.05, 3.63) is 42.4 Å². The highest BCUT2D eigenvalue weighted by molar-refractivity contribution is 7.98. The van der Waals surface area contributed by atoms with Gasteiger partial charge in [-0.1, -0.05) is 19.1 Å². The van der Waals surface area contributed by atoms with Gasteiger partial charge in [-0.15, -0.1) is 11.8 Å². The van der Waals surface area contributed by atoms with E-state index in [9.17, 15) is 4.79 Å². The minimum absolute atomic E-state index is 0.113. The third-order valence-corrected chi connectivity index (χ3v) is 8.68. The number of benzene rings is 1. The number of thioether (sulfide) groups is 1. The van der Waals surface area contributed by atoms with E-state index in [2.05, 4.69) is 44.5 Å². The number of nitrogens with one attached hydrogen (secondary N) is 2. The van der Waals surface area contributed by atoms with E-state index in [4.69, 9.17) is 0 Å². The van der Waals surface area contributed by atoms with Gasteiger partial charge in [0, 0.05) is 11.4 Å². The first-order valence-electron chi connectivity index (χ1n) is 10.2. The van der Waals surface area contributed by atoms with Gasteiger partial charge in [0.05, 0.1) is 17.0 Å². The number of rotatable bonds is 5. The van der Waals surface area contributed by atoms with Gasteiger partial charge in [0.1, 0.15) is 11.4 Å². The molecule has 0 spiro atoms. The Kier molecular flexibility index (Phi) is 3.64. The molecule has 3 aromatic rings. The second-order valence-corrected chi connectivity index (χ2v) is 10.2. The molecule has 148 valence electrons. The molecule has 2 N–H and O–H groups in total. The lowest BCUT2D eigenvalue weighted by atomic mass is 9.79. The van der Waals surface area contributed by atoms with Crippen LogP contribution >= 0.6 is 11.8 Å². The van der Waals surface area contributed by atoms with Crippen molar-refractivity contribution >= 4 is 34.4 Å². The van der Waals surface area contributed by atoms with Crippen molar-refractivity contribution in [1.29, 1.82) is 0 Å². The fourth-order valence-corrected chi connectivity index (χ4v) is 7.22. The van der Waals surface area contributed by atoms with Crippen LogP contribution in [0.25, 0.3) is 11.0 Å². The van der Waals surface area contributed by atoms with Crippen molar-refractivity contribution in [2.24, 2.45) is 22.7 Å². The summed E-state index contributed by atoms with van der Waals surface area (Å²) in [6, 6.07) is 8.19. The first kappa shape index (κ1) is 17.4. The molecule has 2 aromatic heterocycles. The highest BCUT2D eigenvalue weighted by atomic mass is 32.2. The number of amides is 1. The van der Waals surface area contributed by atoms with Crippen molar-refractivity contribution in [2.75, 3.05) is 5.32 Å². The Hall–Kier alpha value is -2.41. The molecule has 7 rings (SSSR count). The van der Waals surface area contributed by atoms with Gasteiger partial charge >= 0.3 is 0 Å². The lowest BCUT2D eigenvalue weighted by Gasteiger charge is -2.27. The largest absolute Gasteiger partial charge is 0.326 e. The summed E-state index contributed by atoms with van der Waals surface area (Å²) in [6.07, 6.45) is 7.97. The Morgan fingerprint density at radius 1 is 1.31 bits per heavy atom. The summed E-state index contributed by atoms with van der Waals surface area (Å²) >= 11 is 1.65. The van der Waals surface area contributed by atoms with E-state index in [-0.39, 0.29) is 11.3 Å². The van der Waals surface area contributed by atoms with Crippen molar-refractivity contribution in [3.63, 3.8) is 0 Å². The zero-order valence-electron chi connectivity index (χ0n) is 16.3. The number of carbonyl (C=O) groups is 1. The average molecular weight is 406 g/mol. The first-order valence-corrected chi connectivity index (χ1v) is 11.2. The summed E-state index contributed by atoms with van der Waals surface area (Å²) in [6.45, 7) is 2.39. The molecule has 0 radical (unpaired) electrons. The van der Waals surface area contributed by atoms with Crippen LogP contribution in [0, 0.1) is 22.7 Å². The topological polar surface area (TPSA) is 83.6 Å². The summed E-state index contributed by atoms with van der Waals surface area (Å²) < 4.78 is 0.